The highest BCUT2D eigenvalue weighted by atomic mass is 15.3. The standard InChI is InChI=1S/C13H22N4/c1-3-16(4-2)11-6-8-17(10-11)13-5-7-15-9-12(13)14/h5,7,9,11H,3-4,6,8,10,14H2,1-2H3. The van der Waals surface area contributed by atoms with Crippen molar-refractivity contribution in [2.75, 3.05) is 36.8 Å². The Labute approximate surface area is 103 Å². The van der Waals surface area contributed by atoms with Crippen LogP contribution in [0.5, 0.6) is 0 Å². The van der Waals surface area contributed by atoms with Gasteiger partial charge in [-0.3, -0.25) is 9.88 Å². The van der Waals surface area contributed by atoms with Crippen LogP contribution in [-0.4, -0.2) is 42.1 Å². The Morgan fingerprint density at radius 1 is 1.47 bits per heavy atom. The van der Waals surface area contributed by atoms with Gasteiger partial charge in [0.05, 0.1) is 17.6 Å². The van der Waals surface area contributed by atoms with Crippen molar-refractivity contribution >= 4 is 11.4 Å². The van der Waals surface area contributed by atoms with Crippen molar-refractivity contribution in [3.05, 3.63) is 18.5 Å². The summed E-state index contributed by atoms with van der Waals surface area (Å²) in [5.74, 6) is 0. The molecule has 0 saturated carbocycles. The normalized spacial score (nSPS) is 20.2. The Morgan fingerprint density at radius 3 is 2.88 bits per heavy atom. The second kappa shape index (κ2) is 5.36. The molecule has 4 nitrogen and oxygen atoms in total. The number of nitrogen functional groups attached to an aromatic ring is 1. The van der Waals surface area contributed by atoms with Crippen molar-refractivity contribution in [3.63, 3.8) is 0 Å². The van der Waals surface area contributed by atoms with Gasteiger partial charge in [0.2, 0.25) is 0 Å². The predicted molar refractivity (Wildman–Crippen MR) is 72.2 cm³/mol. The Hall–Kier alpha value is -1.29. The molecule has 1 unspecified atom stereocenters. The first kappa shape index (κ1) is 12.2. The van der Waals surface area contributed by atoms with Crippen LogP contribution in [-0.2, 0) is 0 Å². The SMILES string of the molecule is CCN(CC)C1CCN(c2ccncc2N)C1. The lowest BCUT2D eigenvalue weighted by Gasteiger charge is -2.27. The van der Waals surface area contributed by atoms with Crippen molar-refractivity contribution in [1.29, 1.82) is 0 Å². The van der Waals surface area contributed by atoms with E-state index in [1.807, 2.05) is 12.3 Å². The molecule has 1 aliphatic heterocycles. The molecule has 1 aromatic heterocycles. The van der Waals surface area contributed by atoms with E-state index in [1.165, 1.54) is 6.42 Å². The first-order chi connectivity index (χ1) is 8.26. The molecule has 1 saturated heterocycles. The molecular formula is C13H22N4. The third-order valence-electron chi connectivity index (χ3n) is 3.66. The summed E-state index contributed by atoms with van der Waals surface area (Å²) in [7, 11) is 0. The van der Waals surface area contributed by atoms with E-state index in [-0.39, 0.29) is 0 Å². The van der Waals surface area contributed by atoms with Crippen molar-refractivity contribution < 1.29 is 0 Å². The number of nitrogens with zero attached hydrogens (tertiary/aromatic N) is 3. The van der Waals surface area contributed by atoms with Gasteiger partial charge in [0.1, 0.15) is 0 Å². The van der Waals surface area contributed by atoms with Gasteiger partial charge in [0.25, 0.3) is 0 Å². The van der Waals surface area contributed by atoms with E-state index in [9.17, 15) is 0 Å². The molecule has 0 bridgehead atoms. The third-order valence-corrected chi connectivity index (χ3v) is 3.66. The topological polar surface area (TPSA) is 45.4 Å². The number of likely N-dealkylation sites (N-methyl/N-ethyl adjacent to an activating group) is 1. The quantitative estimate of drug-likeness (QED) is 0.859. The zero-order chi connectivity index (χ0) is 12.3. The van der Waals surface area contributed by atoms with Crippen molar-refractivity contribution in [3.8, 4) is 0 Å². The molecule has 0 aromatic carbocycles. The minimum Gasteiger partial charge on any atom is -0.396 e. The fraction of sp³-hybridized carbons (Fsp3) is 0.615. The highest BCUT2D eigenvalue weighted by Crippen LogP contribution is 2.27. The summed E-state index contributed by atoms with van der Waals surface area (Å²) in [6, 6.07) is 2.68. The van der Waals surface area contributed by atoms with Crippen LogP contribution in [0.15, 0.2) is 18.5 Å². The molecule has 0 spiro atoms. The average molecular weight is 234 g/mol. The lowest BCUT2D eigenvalue weighted by molar-refractivity contribution is 0.232. The minimum absolute atomic E-state index is 0.664. The fourth-order valence-corrected chi connectivity index (χ4v) is 2.69. The molecule has 0 amide bonds. The second-order valence-corrected chi connectivity index (χ2v) is 4.54. The third kappa shape index (κ3) is 2.52. The zero-order valence-electron chi connectivity index (χ0n) is 10.8. The van der Waals surface area contributed by atoms with Gasteiger partial charge in [0, 0.05) is 25.3 Å². The van der Waals surface area contributed by atoms with E-state index < -0.39 is 0 Å². The number of aromatic nitrogens is 1. The predicted octanol–water partition coefficient (Wildman–Crippen LogP) is 1.58. The number of pyridine rings is 1. The van der Waals surface area contributed by atoms with Gasteiger partial charge in [-0.2, -0.15) is 0 Å². The van der Waals surface area contributed by atoms with Gasteiger partial charge >= 0.3 is 0 Å². The highest BCUT2D eigenvalue weighted by Gasteiger charge is 2.26. The highest BCUT2D eigenvalue weighted by molar-refractivity contribution is 5.66. The summed E-state index contributed by atoms with van der Waals surface area (Å²) in [6.45, 7) is 8.88. The van der Waals surface area contributed by atoms with Crippen LogP contribution in [0, 0.1) is 0 Å². The number of rotatable bonds is 4. The van der Waals surface area contributed by atoms with E-state index in [2.05, 4.69) is 28.6 Å². The van der Waals surface area contributed by atoms with E-state index in [4.69, 9.17) is 5.73 Å². The summed E-state index contributed by atoms with van der Waals surface area (Å²) in [6.07, 6.45) is 4.78. The Bertz CT molecular complexity index is 362. The monoisotopic (exact) mass is 234 g/mol. The van der Waals surface area contributed by atoms with Crippen LogP contribution < -0.4 is 10.6 Å². The molecule has 2 rings (SSSR count). The number of nitrogens with two attached hydrogens (primary N) is 1. The van der Waals surface area contributed by atoms with Crippen LogP contribution >= 0.6 is 0 Å². The fourth-order valence-electron chi connectivity index (χ4n) is 2.69. The lowest BCUT2D eigenvalue weighted by Crippen LogP contribution is -2.37. The molecule has 2 N–H and O–H groups in total. The van der Waals surface area contributed by atoms with Crippen LogP contribution in [0.1, 0.15) is 20.3 Å². The Morgan fingerprint density at radius 2 is 2.24 bits per heavy atom. The number of hydrogen-bond acceptors (Lipinski definition) is 4. The van der Waals surface area contributed by atoms with Crippen molar-refractivity contribution in [2.45, 2.75) is 26.3 Å². The number of anilines is 2. The number of hydrogen-bond donors (Lipinski definition) is 1. The summed E-state index contributed by atoms with van der Waals surface area (Å²) < 4.78 is 0. The maximum absolute atomic E-state index is 5.97. The molecule has 94 valence electrons. The Balaban J connectivity index is 2.05. The van der Waals surface area contributed by atoms with E-state index >= 15 is 0 Å². The molecule has 0 aliphatic carbocycles. The first-order valence-corrected chi connectivity index (χ1v) is 6.44. The summed E-state index contributed by atoms with van der Waals surface area (Å²) in [4.78, 5) is 8.94. The maximum atomic E-state index is 5.97. The van der Waals surface area contributed by atoms with E-state index in [0.29, 0.717) is 6.04 Å². The zero-order valence-corrected chi connectivity index (χ0v) is 10.8. The van der Waals surface area contributed by atoms with Gasteiger partial charge in [-0.15, -0.1) is 0 Å². The van der Waals surface area contributed by atoms with Gasteiger partial charge in [-0.05, 0) is 25.6 Å². The van der Waals surface area contributed by atoms with Crippen molar-refractivity contribution in [1.82, 2.24) is 9.88 Å². The lowest BCUT2D eigenvalue weighted by atomic mass is 10.2. The second-order valence-electron chi connectivity index (χ2n) is 4.54. The molecule has 4 heteroatoms. The first-order valence-electron chi connectivity index (χ1n) is 6.44. The van der Waals surface area contributed by atoms with E-state index in [0.717, 1.165) is 37.6 Å². The Kier molecular flexibility index (Phi) is 3.84. The van der Waals surface area contributed by atoms with Crippen LogP contribution in [0.4, 0.5) is 11.4 Å². The molecule has 0 radical (unpaired) electrons. The molecule has 1 atom stereocenters. The average Bonchev–Trinajstić information content (AvgIpc) is 2.81. The largest absolute Gasteiger partial charge is 0.396 e. The smallest absolute Gasteiger partial charge is 0.0738 e. The van der Waals surface area contributed by atoms with Crippen molar-refractivity contribution in [2.24, 2.45) is 0 Å². The van der Waals surface area contributed by atoms with Crippen LogP contribution in [0.3, 0.4) is 0 Å². The molecule has 2 heterocycles. The summed E-state index contributed by atoms with van der Waals surface area (Å²) in [5.41, 5.74) is 7.89. The van der Waals surface area contributed by atoms with Gasteiger partial charge in [-0.25, -0.2) is 0 Å². The van der Waals surface area contributed by atoms with Gasteiger partial charge < -0.3 is 10.6 Å². The van der Waals surface area contributed by atoms with Gasteiger partial charge in [0.15, 0.2) is 0 Å². The molecule has 17 heavy (non-hydrogen) atoms. The van der Waals surface area contributed by atoms with Crippen LogP contribution in [0.2, 0.25) is 0 Å². The molecule has 1 fully saturated rings. The molecule has 1 aliphatic rings. The maximum Gasteiger partial charge on any atom is 0.0738 e. The summed E-state index contributed by atoms with van der Waals surface area (Å²) in [5, 5.41) is 0. The minimum atomic E-state index is 0.664. The van der Waals surface area contributed by atoms with E-state index in [1.54, 1.807) is 6.20 Å². The molecular weight excluding hydrogens is 212 g/mol. The van der Waals surface area contributed by atoms with Crippen LogP contribution in [0.25, 0.3) is 0 Å². The molecule has 1 aromatic rings. The summed E-state index contributed by atoms with van der Waals surface area (Å²) >= 11 is 0. The van der Waals surface area contributed by atoms with Gasteiger partial charge in [-0.1, -0.05) is 13.8 Å².